The third kappa shape index (κ3) is 3.89. The normalized spacial score (nSPS) is 12.0. The number of rotatable bonds is 2. The third-order valence-electron chi connectivity index (χ3n) is 2.58. The van der Waals surface area contributed by atoms with Gasteiger partial charge in [0, 0.05) is 4.90 Å². The molecule has 0 saturated heterocycles. The topological polar surface area (TPSA) is 0 Å². The largest absolute Gasteiger partial charge is 0.416 e. The number of thiol groups is 1. The fourth-order valence-electron chi connectivity index (χ4n) is 1.60. The number of alkyl halides is 3. The van der Waals surface area contributed by atoms with Crippen molar-refractivity contribution in [3.05, 3.63) is 65.2 Å². The zero-order valence-corrected chi connectivity index (χ0v) is 10.7. The summed E-state index contributed by atoms with van der Waals surface area (Å²) in [5.41, 5.74) is 0.792. The van der Waals surface area contributed by atoms with Gasteiger partial charge in [0.25, 0.3) is 0 Å². The Balaban J connectivity index is 2.21. The van der Waals surface area contributed by atoms with Crippen LogP contribution in [0.5, 0.6) is 0 Å². The summed E-state index contributed by atoms with van der Waals surface area (Å²) in [6.07, 6.45) is -0.886. The average Bonchev–Trinajstić information content (AvgIpc) is 2.37. The van der Waals surface area contributed by atoms with E-state index in [9.17, 15) is 13.2 Å². The predicted octanol–water partition coefficient (Wildman–Crippen LogP) is 5.16. The van der Waals surface area contributed by atoms with Crippen LogP contribution in [0.15, 0.2) is 53.4 Å². The fourth-order valence-corrected chi connectivity index (χ4v) is 1.75. The van der Waals surface area contributed by atoms with Crippen LogP contribution in [0.1, 0.15) is 16.7 Å². The van der Waals surface area contributed by atoms with Crippen molar-refractivity contribution in [2.24, 2.45) is 0 Å². The van der Waals surface area contributed by atoms with E-state index in [0.717, 1.165) is 22.6 Å². The van der Waals surface area contributed by atoms with E-state index >= 15 is 0 Å². The van der Waals surface area contributed by atoms with Gasteiger partial charge in [-0.3, -0.25) is 0 Å². The molecule has 0 spiro atoms. The minimum atomic E-state index is -4.31. The summed E-state index contributed by atoms with van der Waals surface area (Å²) in [5.74, 6) is 0. The van der Waals surface area contributed by atoms with Gasteiger partial charge < -0.3 is 0 Å². The average molecular weight is 280 g/mol. The molecule has 2 rings (SSSR count). The summed E-state index contributed by atoms with van der Waals surface area (Å²) in [4.78, 5) is 0.844. The standard InChI is InChI=1S/C15H11F3S/c16-15(17,18)13-3-1-2-12(10-13)5-4-11-6-8-14(19)9-7-11/h1-10,19H/b5-4+. The molecule has 0 aromatic heterocycles. The summed E-state index contributed by atoms with van der Waals surface area (Å²) >= 11 is 4.17. The molecule has 19 heavy (non-hydrogen) atoms. The molecule has 0 bridgehead atoms. The van der Waals surface area contributed by atoms with Crippen molar-refractivity contribution in [1.82, 2.24) is 0 Å². The first-order valence-corrected chi connectivity index (χ1v) is 6.04. The van der Waals surface area contributed by atoms with Crippen LogP contribution in [0.2, 0.25) is 0 Å². The van der Waals surface area contributed by atoms with Crippen LogP contribution in [-0.2, 0) is 6.18 Å². The van der Waals surface area contributed by atoms with Crippen LogP contribution in [0.3, 0.4) is 0 Å². The lowest BCUT2D eigenvalue weighted by Gasteiger charge is -2.06. The summed E-state index contributed by atoms with van der Waals surface area (Å²) in [6, 6.07) is 12.6. The molecule has 2 aromatic carbocycles. The molecule has 98 valence electrons. The first-order chi connectivity index (χ1) is 8.95. The van der Waals surface area contributed by atoms with Crippen molar-refractivity contribution in [1.29, 1.82) is 0 Å². The first-order valence-electron chi connectivity index (χ1n) is 5.59. The van der Waals surface area contributed by atoms with E-state index in [2.05, 4.69) is 12.6 Å². The maximum Gasteiger partial charge on any atom is 0.416 e. The molecule has 0 fully saturated rings. The molecule has 0 saturated carbocycles. The van der Waals surface area contributed by atoms with Crippen molar-refractivity contribution in [3.63, 3.8) is 0 Å². The maximum atomic E-state index is 12.5. The highest BCUT2D eigenvalue weighted by Crippen LogP contribution is 2.29. The Hall–Kier alpha value is -1.68. The lowest BCUT2D eigenvalue weighted by atomic mass is 10.1. The Bertz CT molecular complexity index is 583. The molecule has 0 nitrogen and oxygen atoms in total. The first kappa shape index (κ1) is 13.7. The van der Waals surface area contributed by atoms with Gasteiger partial charge in [0.05, 0.1) is 5.56 Å². The van der Waals surface area contributed by atoms with Gasteiger partial charge in [0.2, 0.25) is 0 Å². The summed E-state index contributed by atoms with van der Waals surface area (Å²) < 4.78 is 37.6. The van der Waals surface area contributed by atoms with E-state index in [1.54, 1.807) is 18.2 Å². The molecular formula is C15H11F3S. The number of hydrogen-bond acceptors (Lipinski definition) is 1. The SMILES string of the molecule is FC(F)(F)c1cccc(/C=C/c2ccc(S)cc2)c1. The van der Waals surface area contributed by atoms with Crippen LogP contribution < -0.4 is 0 Å². The Morgan fingerprint density at radius 2 is 1.47 bits per heavy atom. The van der Waals surface area contributed by atoms with Gasteiger partial charge in [-0.1, -0.05) is 36.4 Å². The second-order valence-electron chi connectivity index (χ2n) is 4.05. The van der Waals surface area contributed by atoms with Crippen molar-refractivity contribution >= 4 is 24.8 Å². The molecule has 0 atom stereocenters. The Morgan fingerprint density at radius 1 is 0.842 bits per heavy atom. The highest BCUT2D eigenvalue weighted by molar-refractivity contribution is 7.80. The zero-order valence-electron chi connectivity index (χ0n) is 9.85. The van der Waals surface area contributed by atoms with Crippen molar-refractivity contribution in [2.75, 3.05) is 0 Å². The molecule has 2 aromatic rings. The quantitative estimate of drug-likeness (QED) is 0.570. The van der Waals surface area contributed by atoms with Gasteiger partial charge in [0.1, 0.15) is 0 Å². The molecule has 0 aliphatic rings. The highest BCUT2D eigenvalue weighted by Gasteiger charge is 2.30. The molecule has 0 radical (unpaired) electrons. The third-order valence-corrected chi connectivity index (χ3v) is 2.87. The minimum absolute atomic E-state index is 0.518. The van der Waals surface area contributed by atoms with E-state index in [-0.39, 0.29) is 0 Å². The second kappa shape index (κ2) is 5.53. The van der Waals surface area contributed by atoms with Crippen molar-refractivity contribution in [3.8, 4) is 0 Å². The molecule has 0 aliphatic heterocycles. The van der Waals surface area contributed by atoms with E-state index in [4.69, 9.17) is 0 Å². The second-order valence-corrected chi connectivity index (χ2v) is 4.56. The van der Waals surface area contributed by atoms with E-state index in [1.807, 2.05) is 24.3 Å². The molecule has 0 N–H and O–H groups in total. The number of halogens is 3. The molecule has 0 amide bonds. The van der Waals surface area contributed by atoms with Gasteiger partial charge in [0.15, 0.2) is 0 Å². The molecule has 0 aliphatic carbocycles. The van der Waals surface area contributed by atoms with Crippen molar-refractivity contribution < 1.29 is 13.2 Å². The monoisotopic (exact) mass is 280 g/mol. The zero-order chi connectivity index (χ0) is 13.9. The Labute approximate surface area is 115 Å². The van der Waals surface area contributed by atoms with E-state index < -0.39 is 11.7 Å². The molecule has 4 heteroatoms. The van der Waals surface area contributed by atoms with Crippen LogP contribution in [0.25, 0.3) is 12.2 Å². The predicted molar refractivity (Wildman–Crippen MR) is 74.1 cm³/mol. The summed E-state index contributed by atoms with van der Waals surface area (Å²) in [6.45, 7) is 0. The van der Waals surface area contributed by atoms with Gasteiger partial charge in [-0.15, -0.1) is 12.6 Å². The number of benzene rings is 2. The van der Waals surface area contributed by atoms with Crippen LogP contribution >= 0.6 is 12.6 Å². The Morgan fingerprint density at radius 3 is 2.11 bits per heavy atom. The van der Waals surface area contributed by atoms with Crippen LogP contribution in [-0.4, -0.2) is 0 Å². The lowest BCUT2D eigenvalue weighted by Crippen LogP contribution is -2.04. The van der Waals surface area contributed by atoms with Gasteiger partial charge in [-0.25, -0.2) is 0 Å². The fraction of sp³-hybridized carbons (Fsp3) is 0.0667. The highest BCUT2D eigenvalue weighted by atomic mass is 32.1. The minimum Gasteiger partial charge on any atom is -0.166 e. The van der Waals surface area contributed by atoms with Gasteiger partial charge >= 0.3 is 6.18 Å². The van der Waals surface area contributed by atoms with E-state index in [0.29, 0.717) is 5.56 Å². The van der Waals surface area contributed by atoms with Crippen LogP contribution in [0.4, 0.5) is 13.2 Å². The van der Waals surface area contributed by atoms with Gasteiger partial charge in [-0.05, 0) is 35.4 Å². The summed E-state index contributed by atoms with van der Waals surface area (Å²) in [7, 11) is 0. The van der Waals surface area contributed by atoms with Gasteiger partial charge in [-0.2, -0.15) is 13.2 Å². The smallest absolute Gasteiger partial charge is 0.166 e. The summed E-state index contributed by atoms with van der Waals surface area (Å²) in [5, 5.41) is 0. The molecular weight excluding hydrogens is 269 g/mol. The lowest BCUT2D eigenvalue weighted by molar-refractivity contribution is -0.137. The Kier molecular flexibility index (Phi) is 4.00. The van der Waals surface area contributed by atoms with E-state index in [1.165, 1.54) is 6.07 Å². The van der Waals surface area contributed by atoms with Crippen LogP contribution in [0, 0.1) is 0 Å². The van der Waals surface area contributed by atoms with Crippen molar-refractivity contribution in [2.45, 2.75) is 11.1 Å². The number of hydrogen-bond donors (Lipinski definition) is 1. The molecule has 0 heterocycles. The maximum absolute atomic E-state index is 12.5. The molecule has 0 unspecified atom stereocenters.